The lowest BCUT2D eigenvalue weighted by Crippen LogP contribution is -2.44. The van der Waals surface area contributed by atoms with Crippen molar-refractivity contribution in [1.82, 2.24) is 9.88 Å². The van der Waals surface area contributed by atoms with Crippen molar-refractivity contribution in [3.63, 3.8) is 0 Å². The van der Waals surface area contributed by atoms with Crippen molar-refractivity contribution in [2.75, 3.05) is 43.4 Å². The van der Waals surface area contributed by atoms with Crippen molar-refractivity contribution in [2.24, 2.45) is 0 Å². The molecule has 1 aromatic heterocycles. The summed E-state index contributed by atoms with van der Waals surface area (Å²) >= 11 is 0. The van der Waals surface area contributed by atoms with Crippen LogP contribution >= 0.6 is 0 Å². The first kappa shape index (κ1) is 20.0. The number of hydrogen-bond acceptors (Lipinski definition) is 5. The minimum atomic E-state index is -0.655. The highest BCUT2D eigenvalue weighted by Crippen LogP contribution is 2.22. The molecule has 6 heteroatoms. The molecule has 1 N–H and O–H groups in total. The average molecular weight is 380 g/mol. The predicted molar refractivity (Wildman–Crippen MR) is 112 cm³/mol. The molecule has 0 aliphatic carbocycles. The van der Waals surface area contributed by atoms with E-state index in [1.807, 2.05) is 18.2 Å². The quantitative estimate of drug-likeness (QED) is 0.653. The van der Waals surface area contributed by atoms with E-state index in [1.54, 1.807) is 24.4 Å². The lowest BCUT2D eigenvalue weighted by molar-refractivity contribution is -0.112. The molecule has 148 valence electrons. The summed E-state index contributed by atoms with van der Waals surface area (Å²) in [5.74, 6) is -0.323. The third-order valence-electron chi connectivity index (χ3n) is 5.05. The summed E-state index contributed by atoms with van der Waals surface area (Å²) in [4.78, 5) is 33.7. The number of piperazine rings is 1. The van der Waals surface area contributed by atoms with Crippen molar-refractivity contribution in [2.45, 2.75) is 26.2 Å². The van der Waals surface area contributed by atoms with Gasteiger partial charge in [-0.3, -0.25) is 9.59 Å². The van der Waals surface area contributed by atoms with Gasteiger partial charge in [0, 0.05) is 31.7 Å². The first-order valence-electron chi connectivity index (χ1n) is 9.60. The van der Waals surface area contributed by atoms with E-state index in [0.717, 1.165) is 37.6 Å². The van der Waals surface area contributed by atoms with E-state index in [2.05, 4.69) is 47.9 Å². The molecule has 2 heterocycles. The fourth-order valence-corrected chi connectivity index (χ4v) is 3.12. The number of carbonyl (C=O) groups excluding carboxylic acids is 2. The topological polar surface area (TPSA) is 65.5 Å². The summed E-state index contributed by atoms with van der Waals surface area (Å²) in [6.07, 6.45) is 1.60. The van der Waals surface area contributed by atoms with Gasteiger partial charge in [0.05, 0.1) is 11.9 Å². The van der Waals surface area contributed by atoms with Gasteiger partial charge in [0.1, 0.15) is 5.82 Å². The molecular weight excluding hydrogens is 352 g/mol. The first-order chi connectivity index (χ1) is 13.2. The number of rotatable bonds is 4. The highest BCUT2D eigenvalue weighted by atomic mass is 16.2. The number of anilines is 2. The van der Waals surface area contributed by atoms with Gasteiger partial charge in [-0.15, -0.1) is 0 Å². The average Bonchev–Trinajstić information content (AvgIpc) is 2.68. The molecular formula is C22H28N4O2. The molecule has 0 unspecified atom stereocenters. The summed E-state index contributed by atoms with van der Waals surface area (Å²) in [5.41, 5.74) is 2.02. The molecule has 1 aromatic carbocycles. The van der Waals surface area contributed by atoms with Crippen LogP contribution in [0.15, 0.2) is 42.6 Å². The van der Waals surface area contributed by atoms with Crippen molar-refractivity contribution in [3.05, 3.63) is 53.7 Å². The molecule has 3 rings (SSSR count). The van der Waals surface area contributed by atoms with Crippen molar-refractivity contribution in [1.29, 1.82) is 0 Å². The second kappa shape index (κ2) is 8.10. The zero-order valence-electron chi connectivity index (χ0n) is 17.0. The number of nitrogens with one attached hydrogen (secondary N) is 1. The van der Waals surface area contributed by atoms with Crippen LogP contribution in [0, 0.1) is 0 Å². The van der Waals surface area contributed by atoms with Gasteiger partial charge in [-0.05, 0) is 30.2 Å². The van der Waals surface area contributed by atoms with Gasteiger partial charge in [-0.1, -0.05) is 45.0 Å². The number of ketones is 1. The standard InChI is InChI=1S/C22H28N4O2/c1-22(2,3)17-7-5-16(6-8-17)20(27)21(28)24-18-9-10-19(23-15-18)26-13-11-25(4)12-14-26/h5-10,15H,11-14H2,1-4H3,(H,24,28). The van der Waals surface area contributed by atoms with Crippen LogP contribution in [-0.4, -0.2) is 54.8 Å². The van der Waals surface area contributed by atoms with Gasteiger partial charge in [-0.25, -0.2) is 4.98 Å². The number of nitrogens with zero attached hydrogens (tertiary/aromatic N) is 3. The smallest absolute Gasteiger partial charge is 0.296 e. The minimum Gasteiger partial charge on any atom is -0.354 e. The number of Topliss-reactive ketones (excluding diaryl/α,β-unsaturated/α-hetero) is 1. The number of carbonyl (C=O) groups is 2. The van der Waals surface area contributed by atoms with Gasteiger partial charge in [0.25, 0.3) is 11.7 Å². The lowest BCUT2D eigenvalue weighted by atomic mass is 9.86. The van der Waals surface area contributed by atoms with E-state index >= 15 is 0 Å². The van der Waals surface area contributed by atoms with Gasteiger partial charge in [0.15, 0.2) is 0 Å². The van der Waals surface area contributed by atoms with Crippen LogP contribution in [0.4, 0.5) is 11.5 Å². The second-order valence-corrected chi connectivity index (χ2v) is 8.31. The van der Waals surface area contributed by atoms with Gasteiger partial charge in [0.2, 0.25) is 0 Å². The monoisotopic (exact) mass is 380 g/mol. The van der Waals surface area contributed by atoms with E-state index < -0.39 is 11.7 Å². The van der Waals surface area contributed by atoms with Crippen LogP contribution in [0.5, 0.6) is 0 Å². The third kappa shape index (κ3) is 4.75. The van der Waals surface area contributed by atoms with E-state index in [4.69, 9.17) is 0 Å². The molecule has 1 aliphatic heterocycles. The Morgan fingerprint density at radius 1 is 0.964 bits per heavy atom. The maximum atomic E-state index is 12.4. The maximum absolute atomic E-state index is 12.4. The number of aromatic nitrogens is 1. The summed E-state index contributed by atoms with van der Waals surface area (Å²) in [7, 11) is 2.11. The lowest BCUT2D eigenvalue weighted by Gasteiger charge is -2.33. The largest absolute Gasteiger partial charge is 0.354 e. The molecule has 0 bridgehead atoms. The number of likely N-dealkylation sites (N-methyl/N-ethyl adjacent to an activating group) is 1. The minimum absolute atomic E-state index is 0.00102. The highest BCUT2D eigenvalue weighted by Gasteiger charge is 2.19. The van der Waals surface area contributed by atoms with Crippen molar-refractivity contribution in [3.8, 4) is 0 Å². The van der Waals surface area contributed by atoms with Crippen LogP contribution in [0.1, 0.15) is 36.7 Å². The molecule has 1 saturated heterocycles. The van der Waals surface area contributed by atoms with Crippen molar-refractivity contribution >= 4 is 23.2 Å². The van der Waals surface area contributed by atoms with E-state index in [1.165, 1.54) is 0 Å². The van der Waals surface area contributed by atoms with Crippen LogP contribution in [0.3, 0.4) is 0 Å². The third-order valence-corrected chi connectivity index (χ3v) is 5.05. The molecule has 0 saturated carbocycles. The second-order valence-electron chi connectivity index (χ2n) is 8.31. The summed E-state index contributed by atoms with van der Waals surface area (Å²) in [6.45, 7) is 10.2. The van der Waals surface area contributed by atoms with E-state index in [0.29, 0.717) is 11.3 Å². The van der Waals surface area contributed by atoms with Crippen LogP contribution in [0.2, 0.25) is 0 Å². The number of hydrogen-bond donors (Lipinski definition) is 1. The normalized spacial score (nSPS) is 15.4. The number of benzene rings is 1. The fourth-order valence-electron chi connectivity index (χ4n) is 3.12. The molecule has 0 radical (unpaired) electrons. The van der Waals surface area contributed by atoms with Crippen LogP contribution in [0.25, 0.3) is 0 Å². The van der Waals surface area contributed by atoms with E-state index in [9.17, 15) is 9.59 Å². The van der Waals surface area contributed by atoms with Gasteiger partial charge >= 0.3 is 0 Å². The molecule has 1 aliphatic rings. The highest BCUT2D eigenvalue weighted by molar-refractivity contribution is 6.46. The Bertz CT molecular complexity index is 830. The Kier molecular flexibility index (Phi) is 5.79. The first-order valence-corrected chi connectivity index (χ1v) is 9.60. The molecule has 28 heavy (non-hydrogen) atoms. The maximum Gasteiger partial charge on any atom is 0.296 e. The molecule has 0 atom stereocenters. The Balaban J connectivity index is 1.61. The molecule has 2 aromatic rings. The zero-order valence-corrected chi connectivity index (χ0v) is 17.0. The Labute approximate surface area is 166 Å². The molecule has 0 spiro atoms. The molecule has 1 amide bonds. The van der Waals surface area contributed by atoms with Crippen LogP contribution in [-0.2, 0) is 10.2 Å². The summed E-state index contributed by atoms with van der Waals surface area (Å²) in [5, 5.41) is 2.64. The SMILES string of the molecule is CN1CCN(c2ccc(NC(=O)C(=O)c3ccc(C(C)(C)C)cc3)cn2)CC1. The van der Waals surface area contributed by atoms with Gasteiger partial charge in [-0.2, -0.15) is 0 Å². The van der Waals surface area contributed by atoms with Gasteiger partial charge < -0.3 is 15.1 Å². The number of pyridine rings is 1. The number of amides is 1. The van der Waals surface area contributed by atoms with Crippen LogP contribution < -0.4 is 10.2 Å². The molecule has 6 nitrogen and oxygen atoms in total. The van der Waals surface area contributed by atoms with Crippen molar-refractivity contribution < 1.29 is 9.59 Å². The zero-order chi connectivity index (χ0) is 20.3. The summed E-state index contributed by atoms with van der Waals surface area (Å²) < 4.78 is 0. The fraction of sp³-hybridized carbons (Fsp3) is 0.409. The summed E-state index contributed by atoms with van der Waals surface area (Å²) in [6, 6.07) is 10.9. The Morgan fingerprint density at radius 2 is 1.61 bits per heavy atom. The predicted octanol–water partition coefficient (Wildman–Crippen LogP) is 2.95. The Hall–Kier alpha value is -2.73. The molecule has 1 fully saturated rings. The Morgan fingerprint density at radius 3 is 2.14 bits per heavy atom. The van der Waals surface area contributed by atoms with E-state index in [-0.39, 0.29) is 5.41 Å².